The molecule has 0 aromatic heterocycles. The number of esters is 6. The Morgan fingerprint density at radius 3 is 1.07 bits per heavy atom. The molecule has 0 bridgehead atoms. The predicted molar refractivity (Wildman–Crippen MR) is 241 cm³/mol. The van der Waals surface area contributed by atoms with Crippen LogP contribution >= 0.6 is 15.2 Å². The van der Waals surface area contributed by atoms with Crippen molar-refractivity contribution >= 4 is 51.0 Å². The van der Waals surface area contributed by atoms with E-state index in [1.165, 1.54) is 0 Å². The molecule has 392 valence electrons. The second-order valence-electron chi connectivity index (χ2n) is 18.9. The van der Waals surface area contributed by atoms with E-state index in [9.17, 15) is 47.9 Å². The molecule has 0 radical (unpaired) electrons. The van der Waals surface area contributed by atoms with Gasteiger partial charge in [0.1, 0.15) is 36.4 Å². The molecule has 0 aromatic rings. The van der Waals surface area contributed by atoms with Crippen LogP contribution in [0.25, 0.3) is 0 Å². The van der Waals surface area contributed by atoms with E-state index in [0.717, 1.165) is 0 Å². The third-order valence-electron chi connectivity index (χ3n) is 12.7. The Kier molecular flexibility index (Phi) is 24.0. The summed E-state index contributed by atoms with van der Waals surface area (Å²) in [5, 5.41) is 8.50. The highest BCUT2D eigenvalue weighted by Gasteiger charge is 2.64. The molecular weight excluding hydrogens is 938 g/mol. The molecule has 0 saturated heterocycles. The van der Waals surface area contributed by atoms with E-state index in [1.54, 1.807) is 41.5 Å². The van der Waals surface area contributed by atoms with Gasteiger partial charge < -0.3 is 61.4 Å². The van der Waals surface area contributed by atoms with Crippen molar-refractivity contribution in [3.63, 3.8) is 0 Å². The lowest BCUT2D eigenvalue weighted by Gasteiger charge is -2.36. The summed E-state index contributed by atoms with van der Waals surface area (Å²) in [6, 6.07) is -2.43. The van der Waals surface area contributed by atoms with Gasteiger partial charge in [-0.05, 0) is 108 Å². The van der Waals surface area contributed by atoms with E-state index >= 15 is 0 Å². The number of aliphatic hydroxyl groups is 1. The lowest BCUT2D eigenvalue weighted by Crippen LogP contribution is -2.40. The molecule has 0 heterocycles. The molecule has 25 heteroatoms. The number of rotatable bonds is 26. The maximum Gasteiger partial charge on any atom is 0.380 e. The summed E-state index contributed by atoms with van der Waals surface area (Å²) in [7, 11) is -11.2. The molecule has 0 amide bonds. The number of carbonyl (C=O) groups excluding carboxylic acids is 6. The maximum absolute atomic E-state index is 14.7. The minimum absolute atomic E-state index is 0.138. The average Bonchev–Trinajstić information content (AvgIpc) is 3.30. The second-order valence-corrected chi connectivity index (χ2v) is 23.5. The molecular formula is C43H76N4O19P2. The van der Waals surface area contributed by atoms with E-state index in [4.69, 9.17) is 64.9 Å². The normalized spacial score (nSPS) is 26.2. The fourth-order valence-electron chi connectivity index (χ4n) is 7.73. The van der Waals surface area contributed by atoms with Crippen molar-refractivity contribution in [1.82, 2.24) is 0 Å². The van der Waals surface area contributed by atoms with E-state index < -0.39 is 137 Å². The molecule has 3 rings (SSSR count). The van der Waals surface area contributed by atoms with Crippen molar-refractivity contribution in [3.05, 3.63) is 0 Å². The van der Waals surface area contributed by atoms with Crippen molar-refractivity contribution < 1.29 is 89.9 Å². The topological polar surface area (TPSA) is 364 Å². The van der Waals surface area contributed by atoms with E-state index in [1.807, 2.05) is 0 Å². The Bertz CT molecular complexity index is 1700. The molecule has 0 aromatic carbocycles. The molecule has 5 atom stereocenters. The van der Waals surface area contributed by atoms with Crippen LogP contribution in [-0.4, -0.2) is 114 Å². The van der Waals surface area contributed by atoms with E-state index in [0.29, 0.717) is 38.5 Å². The molecule has 3 aliphatic carbocycles. The number of carbonyl (C=O) groups is 6. The van der Waals surface area contributed by atoms with Crippen LogP contribution in [0.1, 0.15) is 131 Å². The molecule has 68 heavy (non-hydrogen) atoms. The van der Waals surface area contributed by atoms with Gasteiger partial charge in [0.05, 0.1) is 17.8 Å². The third kappa shape index (κ3) is 17.1. The zero-order valence-electron chi connectivity index (χ0n) is 40.2. The zero-order valence-corrected chi connectivity index (χ0v) is 42.0. The summed E-state index contributed by atoms with van der Waals surface area (Å²) < 4.78 is 76.7. The van der Waals surface area contributed by atoms with Gasteiger partial charge in [0.25, 0.3) is 5.08 Å². The van der Waals surface area contributed by atoms with E-state index in [-0.39, 0.29) is 69.2 Å². The first kappa shape index (κ1) is 59.2. The van der Waals surface area contributed by atoms with Gasteiger partial charge in [-0.2, -0.15) is 0 Å². The van der Waals surface area contributed by atoms with Crippen LogP contribution in [-0.2, 0) is 79.9 Å². The molecule has 0 spiro atoms. The largest absolute Gasteiger partial charge is 0.461 e. The minimum atomic E-state index is -5.69. The summed E-state index contributed by atoms with van der Waals surface area (Å²) in [5.74, 6) is -6.72. The number of ether oxygens (including phenoxy) is 6. The second kappa shape index (κ2) is 27.5. The fraction of sp³-hybridized carbons (Fsp3) is 0.860. The van der Waals surface area contributed by atoms with Gasteiger partial charge in [0.2, 0.25) is 20.4 Å². The lowest BCUT2D eigenvalue weighted by molar-refractivity contribution is -0.162. The standard InChI is InChI=1S/C43H76N4O19P2/c1-25(2)34(45)40(51)64-31-14-8-28(9-15-31)37(48)58-22-61-67(55,56)43(54,20-7-21-44)68(57,62-23-59-38(49)29-10-16-32(17-11-29)65-41(52)35(46)26(3)4)63-24-60-39(50)30-12-18-33(19-13-30)66-42(53)36(47)27(5)6/h25-36,54H,7-24,44-47H2,1-6H3,(H,55,56)/t28?,29?,30?,31?,32?,33?,34-,35-,36-,43?,68?/m0/s1. The summed E-state index contributed by atoms with van der Waals surface area (Å²) >= 11 is 0. The third-order valence-corrected chi connectivity index (χ3v) is 17.8. The minimum Gasteiger partial charge on any atom is -0.461 e. The fourth-order valence-corrected chi connectivity index (χ4v) is 11.6. The highest BCUT2D eigenvalue weighted by molar-refractivity contribution is 7.73. The van der Waals surface area contributed by atoms with Crippen LogP contribution < -0.4 is 22.9 Å². The lowest BCUT2D eigenvalue weighted by atomic mass is 9.87. The quantitative estimate of drug-likeness (QED) is 0.0312. The first-order valence-electron chi connectivity index (χ1n) is 23.5. The zero-order chi connectivity index (χ0) is 51.0. The maximum atomic E-state index is 14.7. The van der Waals surface area contributed by atoms with Crippen LogP contribution in [0.4, 0.5) is 0 Å². The van der Waals surface area contributed by atoms with Crippen molar-refractivity contribution in [2.45, 2.75) is 173 Å². The highest BCUT2D eigenvalue weighted by Crippen LogP contribution is 2.76. The Hall–Kier alpha value is -3.08. The van der Waals surface area contributed by atoms with Gasteiger partial charge in [0, 0.05) is 6.42 Å². The number of hydrogen-bond donors (Lipinski definition) is 6. The first-order valence-corrected chi connectivity index (χ1v) is 26.6. The molecule has 3 aliphatic rings. The molecule has 3 fully saturated rings. The monoisotopic (exact) mass is 1010 g/mol. The van der Waals surface area contributed by atoms with Crippen molar-refractivity contribution in [2.24, 2.45) is 58.4 Å². The summed E-state index contributed by atoms with van der Waals surface area (Å²) in [5.41, 5.74) is 23.3. The van der Waals surface area contributed by atoms with Gasteiger partial charge in [-0.25, -0.2) is 0 Å². The smallest absolute Gasteiger partial charge is 0.380 e. The molecule has 2 unspecified atom stereocenters. The number of nitrogens with two attached hydrogens (primary N) is 4. The van der Waals surface area contributed by atoms with Crippen LogP contribution in [0.2, 0.25) is 0 Å². The van der Waals surface area contributed by atoms with Crippen molar-refractivity contribution in [2.75, 3.05) is 26.9 Å². The van der Waals surface area contributed by atoms with E-state index in [2.05, 4.69) is 0 Å². The Balaban J connectivity index is 1.70. The molecule has 3 saturated carbocycles. The first-order chi connectivity index (χ1) is 31.9. The molecule has 0 aliphatic heterocycles. The van der Waals surface area contributed by atoms with Crippen LogP contribution in [0, 0.1) is 35.5 Å². The Morgan fingerprint density at radius 1 is 0.529 bits per heavy atom. The van der Waals surface area contributed by atoms with Gasteiger partial charge in [0.15, 0.2) is 0 Å². The summed E-state index contributed by atoms with van der Waals surface area (Å²) in [6.07, 6.45) is 0.667. The van der Waals surface area contributed by atoms with Crippen molar-refractivity contribution in [3.8, 4) is 0 Å². The van der Waals surface area contributed by atoms with Gasteiger partial charge in [-0.1, -0.05) is 41.5 Å². The van der Waals surface area contributed by atoms with Gasteiger partial charge >= 0.3 is 51.0 Å². The van der Waals surface area contributed by atoms with Gasteiger partial charge in [-0.15, -0.1) is 0 Å². The summed E-state index contributed by atoms with van der Waals surface area (Å²) in [4.78, 5) is 87.7. The molecule has 10 N–H and O–H groups in total. The number of hydrogen-bond acceptors (Lipinski definition) is 22. The molecule has 23 nitrogen and oxygen atoms in total. The van der Waals surface area contributed by atoms with Crippen LogP contribution in [0.5, 0.6) is 0 Å². The average molecular weight is 1020 g/mol. The van der Waals surface area contributed by atoms with Crippen LogP contribution in [0.3, 0.4) is 0 Å². The Labute approximate surface area is 398 Å². The van der Waals surface area contributed by atoms with Gasteiger partial charge in [-0.3, -0.25) is 51.5 Å². The SMILES string of the molecule is CC(C)[C@H](N)C(=O)OC1CCC(C(=O)OCOP(=O)(O)C(O)(CCCN)P(=O)(OCOC(=O)C2CCC(OC(=O)[C@@H](N)C(C)C)CC2)OCOC(=O)C2CCC(OC(=O)[C@@H](N)C(C)C)CC2)CC1. The summed E-state index contributed by atoms with van der Waals surface area (Å²) in [6.45, 7) is 6.89. The van der Waals surface area contributed by atoms with Crippen molar-refractivity contribution in [1.29, 1.82) is 0 Å². The van der Waals surface area contributed by atoms with Crippen LogP contribution in [0.15, 0.2) is 0 Å². The Morgan fingerprint density at radius 2 is 0.809 bits per heavy atom. The predicted octanol–water partition coefficient (Wildman–Crippen LogP) is 3.56. The highest BCUT2D eigenvalue weighted by atomic mass is 31.2.